The van der Waals surface area contributed by atoms with Crippen molar-refractivity contribution in [1.29, 1.82) is 0 Å². The van der Waals surface area contributed by atoms with Crippen LogP contribution in [0.25, 0.3) is 0 Å². The monoisotopic (exact) mass is 244 g/mol. The lowest BCUT2D eigenvalue weighted by Gasteiger charge is -2.32. The third-order valence-electron chi connectivity index (χ3n) is 4.99. The third kappa shape index (κ3) is 1.79. The highest BCUT2D eigenvalue weighted by Gasteiger charge is 2.54. The van der Waals surface area contributed by atoms with Gasteiger partial charge in [-0.2, -0.15) is 0 Å². The van der Waals surface area contributed by atoms with Crippen LogP contribution in [0.3, 0.4) is 0 Å². The Morgan fingerprint density at radius 1 is 1.19 bits per heavy atom. The van der Waals surface area contributed by atoms with Crippen molar-refractivity contribution < 1.29 is 9.47 Å². The molecule has 0 heterocycles. The topological polar surface area (TPSA) is 18.5 Å². The standard InChI is InChI=1S/C13H21ClO2/c1-15-7-13(14)16-12-6-8-5-11(12)10-4-2-3-9(8)10/h8-13H,2-7H2,1H3. The zero-order valence-corrected chi connectivity index (χ0v) is 10.7. The third-order valence-corrected chi connectivity index (χ3v) is 5.22. The van der Waals surface area contributed by atoms with Crippen molar-refractivity contribution >= 4 is 11.6 Å². The smallest absolute Gasteiger partial charge is 0.154 e. The minimum Gasteiger partial charge on any atom is -0.381 e. The van der Waals surface area contributed by atoms with Crippen molar-refractivity contribution in [2.45, 2.75) is 43.8 Å². The molecule has 6 unspecified atom stereocenters. The fraction of sp³-hybridized carbons (Fsp3) is 1.00. The van der Waals surface area contributed by atoms with Crippen LogP contribution in [0.2, 0.25) is 0 Å². The van der Waals surface area contributed by atoms with E-state index >= 15 is 0 Å². The Bertz CT molecular complexity index is 258. The first-order valence-electron chi connectivity index (χ1n) is 6.58. The molecule has 0 radical (unpaired) electrons. The van der Waals surface area contributed by atoms with E-state index < -0.39 is 0 Å². The average molecular weight is 245 g/mol. The molecule has 0 spiro atoms. The maximum atomic E-state index is 6.09. The van der Waals surface area contributed by atoms with E-state index in [4.69, 9.17) is 21.1 Å². The van der Waals surface area contributed by atoms with Gasteiger partial charge < -0.3 is 9.47 Å². The Morgan fingerprint density at radius 3 is 2.81 bits per heavy atom. The quantitative estimate of drug-likeness (QED) is 0.708. The molecule has 0 aromatic rings. The normalized spacial score (nSPS) is 47.2. The SMILES string of the molecule is COCC(Cl)OC1CC2CC1C1CCCC21. The van der Waals surface area contributed by atoms with Crippen LogP contribution >= 0.6 is 11.6 Å². The van der Waals surface area contributed by atoms with Crippen molar-refractivity contribution in [3.8, 4) is 0 Å². The summed E-state index contributed by atoms with van der Waals surface area (Å²) in [5, 5.41) is 0. The van der Waals surface area contributed by atoms with Gasteiger partial charge in [-0.05, 0) is 49.4 Å². The van der Waals surface area contributed by atoms with Crippen LogP contribution in [0.15, 0.2) is 0 Å². The molecule has 0 aliphatic heterocycles. The minimum atomic E-state index is -0.255. The van der Waals surface area contributed by atoms with Crippen LogP contribution in [-0.4, -0.2) is 25.4 Å². The van der Waals surface area contributed by atoms with Gasteiger partial charge in [0.1, 0.15) is 0 Å². The number of methoxy groups -OCH3 is 1. The van der Waals surface area contributed by atoms with E-state index in [0.717, 1.165) is 23.7 Å². The second-order valence-corrected chi connectivity index (χ2v) is 6.18. The fourth-order valence-corrected chi connectivity index (χ4v) is 4.78. The lowest BCUT2D eigenvalue weighted by Crippen LogP contribution is -2.33. The largest absolute Gasteiger partial charge is 0.381 e. The van der Waals surface area contributed by atoms with Crippen LogP contribution in [0.1, 0.15) is 32.1 Å². The highest BCUT2D eigenvalue weighted by molar-refractivity contribution is 6.19. The predicted molar refractivity (Wildman–Crippen MR) is 63.4 cm³/mol. The molecule has 92 valence electrons. The zero-order chi connectivity index (χ0) is 11.1. The molecule has 3 fully saturated rings. The van der Waals surface area contributed by atoms with Crippen LogP contribution in [0.4, 0.5) is 0 Å². The summed E-state index contributed by atoms with van der Waals surface area (Å²) < 4.78 is 11.0. The summed E-state index contributed by atoms with van der Waals surface area (Å²) >= 11 is 6.09. The summed E-state index contributed by atoms with van der Waals surface area (Å²) in [5.41, 5.74) is -0.255. The van der Waals surface area contributed by atoms with Gasteiger partial charge in [-0.25, -0.2) is 0 Å². The van der Waals surface area contributed by atoms with E-state index in [0.29, 0.717) is 12.7 Å². The number of halogens is 1. The van der Waals surface area contributed by atoms with Crippen molar-refractivity contribution in [2.75, 3.05) is 13.7 Å². The van der Waals surface area contributed by atoms with Crippen LogP contribution in [-0.2, 0) is 9.47 Å². The Labute approximate surface area is 103 Å². The Balaban J connectivity index is 1.59. The first-order valence-corrected chi connectivity index (χ1v) is 7.01. The van der Waals surface area contributed by atoms with Gasteiger partial charge in [0.15, 0.2) is 5.56 Å². The maximum Gasteiger partial charge on any atom is 0.154 e. The van der Waals surface area contributed by atoms with E-state index in [1.165, 1.54) is 32.1 Å². The molecule has 3 heteroatoms. The molecule has 6 atom stereocenters. The van der Waals surface area contributed by atoms with E-state index in [1.807, 2.05) is 0 Å². The highest BCUT2D eigenvalue weighted by Crippen LogP contribution is 2.59. The van der Waals surface area contributed by atoms with E-state index in [-0.39, 0.29) is 5.56 Å². The van der Waals surface area contributed by atoms with E-state index in [2.05, 4.69) is 0 Å². The van der Waals surface area contributed by atoms with Gasteiger partial charge >= 0.3 is 0 Å². The number of hydrogen-bond donors (Lipinski definition) is 0. The fourth-order valence-electron chi connectivity index (χ4n) is 4.52. The molecular formula is C13H21ClO2. The summed E-state index contributed by atoms with van der Waals surface area (Å²) in [6, 6.07) is 0. The second kappa shape index (κ2) is 4.47. The van der Waals surface area contributed by atoms with Crippen molar-refractivity contribution in [3.63, 3.8) is 0 Å². The van der Waals surface area contributed by atoms with Gasteiger partial charge in [-0.3, -0.25) is 0 Å². The average Bonchev–Trinajstić information content (AvgIpc) is 2.86. The molecule has 0 saturated heterocycles. The van der Waals surface area contributed by atoms with Crippen LogP contribution < -0.4 is 0 Å². The van der Waals surface area contributed by atoms with Gasteiger partial charge in [0, 0.05) is 7.11 Å². The molecule has 16 heavy (non-hydrogen) atoms. The summed E-state index contributed by atoms with van der Waals surface area (Å²) in [6.45, 7) is 0.504. The van der Waals surface area contributed by atoms with Crippen molar-refractivity contribution in [1.82, 2.24) is 0 Å². The number of ether oxygens (including phenoxy) is 2. The molecule has 2 nitrogen and oxygen atoms in total. The molecule has 3 aliphatic carbocycles. The van der Waals surface area contributed by atoms with Crippen LogP contribution in [0.5, 0.6) is 0 Å². The lowest BCUT2D eigenvalue weighted by molar-refractivity contribution is -0.0484. The summed E-state index contributed by atoms with van der Waals surface area (Å²) in [4.78, 5) is 0. The van der Waals surface area contributed by atoms with E-state index in [9.17, 15) is 0 Å². The Morgan fingerprint density at radius 2 is 2.00 bits per heavy atom. The first-order chi connectivity index (χ1) is 7.79. The van der Waals surface area contributed by atoms with Gasteiger partial charge in [0.05, 0.1) is 12.7 Å². The molecule has 0 N–H and O–H groups in total. The van der Waals surface area contributed by atoms with Crippen molar-refractivity contribution in [3.05, 3.63) is 0 Å². The predicted octanol–water partition coefficient (Wildman–Crippen LogP) is 3.04. The molecular weight excluding hydrogens is 224 g/mol. The molecule has 3 saturated carbocycles. The second-order valence-electron chi connectivity index (χ2n) is 5.69. The summed E-state index contributed by atoms with van der Waals surface area (Å²) in [5.74, 6) is 3.72. The van der Waals surface area contributed by atoms with Gasteiger partial charge in [-0.1, -0.05) is 18.0 Å². The Hall–Kier alpha value is 0.210. The molecule has 3 aliphatic rings. The maximum absolute atomic E-state index is 6.09. The summed E-state index contributed by atoms with van der Waals surface area (Å²) in [6.07, 6.45) is 7.42. The summed E-state index contributed by atoms with van der Waals surface area (Å²) in [7, 11) is 1.67. The number of fused-ring (bicyclic) bond motifs is 5. The number of hydrogen-bond acceptors (Lipinski definition) is 2. The molecule has 3 rings (SSSR count). The van der Waals surface area contributed by atoms with Crippen molar-refractivity contribution in [2.24, 2.45) is 23.7 Å². The Kier molecular flexibility index (Phi) is 3.16. The molecule has 0 amide bonds. The van der Waals surface area contributed by atoms with E-state index in [1.54, 1.807) is 7.11 Å². The zero-order valence-electron chi connectivity index (χ0n) is 9.90. The van der Waals surface area contributed by atoms with Crippen LogP contribution in [0, 0.1) is 23.7 Å². The molecule has 2 bridgehead atoms. The molecule has 0 aromatic carbocycles. The number of alkyl halides is 1. The lowest BCUT2D eigenvalue weighted by atomic mass is 9.80. The van der Waals surface area contributed by atoms with Gasteiger partial charge in [0.2, 0.25) is 0 Å². The first kappa shape index (κ1) is 11.3. The van der Waals surface area contributed by atoms with Gasteiger partial charge in [0.25, 0.3) is 0 Å². The minimum absolute atomic E-state index is 0.255. The van der Waals surface area contributed by atoms with Gasteiger partial charge in [-0.15, -0.1) is 0 Å². The number of rotatable bonds is 4. The highest BCUT2D eigenvalue weighted by atomic mass is 35.5. The molecule has 0 aromatic heterocycles.